The molecule has 0 heterocycles. The van der Waals surface area contributed by atoms with E-state index in [9.17, 15) is 0 Å². The van der Waals surface area contributed by atoms with Crippen LogP contribution in [-0.4, -0.2) is 12.6 Å². The van der Waals surface area contributed by atoms with E-state index in [1.54, 1.807) is 5.57 Å². The molecule has 2 aliphatic carbocycles. The van der Waals surface area contributed by atoms with Crippen LogP contribution in [0.25, 0.3) is 0 Å². The lowest BCUT2D eigenvalue weighted by Gasteiger charge is -2.36. The number of halogens is 1. The third-order valence-corrected chi connectivity index (χ3v) is 4.96. The summed E-state index contributed by atoms with van der Waals surface area (Å²) in [6.45, 7) is 1.15. The lowest BCUT2D eigenvalue weighted by Crippen LogP contribution is -2.40. The number of hydrogen-bond donors (Lipinski definition) is 1. The SMILES string of the molecule is Clc1cccc(C2CC(NCCC3=CCCCC3)C2)c1. The van der Waals surface area contributed by atoms with Gasteiger partial charge in [-0.25, -0.2) is 0 Å². The van der Waals surface area contributed by atoms with E-state index in [0.29, 0.717) is 12.0 Å². The molecule has 0 aromatic heterocycles. The molecule has 0 spiro atoms. The van der Waals surface area contributed by atoms with Gasteiger partial charge in [0.2, 0.25) is 0 Å². The van der Waals surface area contributed by atoms with E-state index in [1.165, 1.54) is 50.5 Å². The van der Waals surface area contributed by atoms with E-state index in [-0.39, 0.29) is 0 Å². The third-order valence-electron chi connectivity index (χ3n) is 4.72. The van der Waals surface area contributed by atoms with Gasteiger partial charge in [0.15, 0.2) is 0 Å². The second-order valence-corrected chi connectivity index (χ2v) is 6.67. The van der Waals surface area contributed by atoms with Crippen molar-refractivity contribution in [3.63, 3.8) is 0 Å². The Labute approximate surface area is 127 Å². The summed E-state index contributed by atoms with van der Waals surface area (Å²) < 4.78 is 0. The van der Waals surface area contributed by atoms with Gasteiger partial charge >= 0.3 is 0 Å². The van der Waals surface area contributed by atoms with Gasteiger partial charge in [0.05, 0.1) is 0 Å². The molecule has 1 aromatic carbocycles. The van der Waals surface area contributed by atoms with Crippen molar-refractivity contribution >= 4 is 11.6 Å². The van der Waals surface area contributed by atoms with Gasteiger partial charge in [0.1, 0.15) is 0 Å². The average molecular weight is 290 g/mol. The number of nitrogens with one attached hydrogen (secondary N) is 1. The van der Waals surface area contributed by atoms with Crippen molar-refractivity contribution in [3.8, 4) is 0 Å². The standard InChI is InChI=1S/C18H24ClN/c19-17-8-4-7-15(11-17)16-12-18(13-16)20-10-9-14-5-2-1-3-6-14/h4-5,7-8,11,16,18,20H,1-3,6,9-10,12-13H2. The van der Waals surface area contributed by atoms with Gasteiger partial charge in [0.25, 0.3) is 0 Å². The molecule has 1 saturated carbocycles. The highest BCUT2D eigenvalue weighted by atomic mass is 35.5. The van der Waals surface area contributed by atoms with Gasteiger partial charge in [-0.1, -0.05) is 35.4 Å². The minimum Gasteiger partial charge on any atom is -0.314 e. The van der Waals surface area contributed by atoms with Crippen LogP contribution >= 0.6 is 11.6 Å². The first-order valence-electron chi connectivity index (χ1n) is 7.98. The Morgan fingerprint density at radius 2 is 2.10 bits per heavy atom. The maximum absolute atomic E-state index is 6.05. The number of hydrogen-bond acceptors (Lipinski definition) is 1. The minimum atomic E-state index is 0.708. The number of benzene rings is 1. The van der Waals surface area contributed by atoms with Crippen molar-refractivity contribution in [2.24, 2.45) is 0 Å². The second kappa shape index (κ2) is 6.78. The molecule has 0 aliphatic heterocycles. The van der Waals surface area contributed by atoms with Gasteiger partial charge in [0, 0.05) is 11.1 Å². The topological polar surface area (TPSA) is 12.0 Å². The van der Waals surface area contributed by atoms with Crippen LogP contribution in [0.1, 0.15) is 56.4 Å². The van der Waals surface area contributed by atoms with Crippen LogP contribution in [0.3, 0.4) is 0 Å². The molecule has 2 heteroatoms. The van der Waals surface area contributed by atoms with Crippen molar-refractivity contribution in [2.75, 3.05) is 6.54 Å². The van der Waals surface area contributed by atoms with Crippen molar-refractivity contribution in [1.29, 1.82) is 0 Å². The molecule has 1 N–H and O–H groups in total. The zero-order valence-corrected chi connectivity index (χ0v) is 12.8. The average Bonchev–Trinajstić information content (AvgIpc) is 2.42. The normalized spacial score (nSPS) is 25.9. The first kappa shape index (κ1) is 14.2. The fourth-order valence-corrected chi connectivity index (χ4v) is 3.58. The molecule has 0 amide bonds. The highest BCUT2D eigenvalue weighted by molar-refractivity contribution is 6.30. The highest BCUT2D eigenvalue weighted by Gasteiger charge is 2.29. The third kappa shape index (κ3) is 3.65. The summed E-state index contributed by atoms with van der Waals surface area (Å²) in [5.41, 5.74) is 3.08. The molecule has 0 saturated heterocycles. The molecule has 1 nitrogen and oxygen atoms in total. The van der Waals surface area contributed by atoms with E-state index < -0.39 is 0 Å². The molecule has 1 aromatic rings. The minimum absolute atomic E-state index is 0.708. The Morgan fingerprint density at radius 3 is 2.85 bits per heavy atom. The first-order chi connectivity index (χ1) is 9.81. The molecule has 3 rings (SSSR count). The van der Waals surface area contributed by atoms with E-state index in [0.717, 1.165) is 11.6 Å². The largest absolute Gasteiger partial charge is 0.314 e. The molecule has 0 bridgehead atoms. The van der Waals surface area contributed by atoms with E-state index >= 15 is 0 Å². The molecule has 2 aliphatic rings. The quantitative estimate of drug-likeness (QED) is 0.747. The number of allylic oxidation sites excluding steroid dienone is 1. The molecular weight excluding hydrogens is 266 g/mol. The van der Waals surface area contributed by atoms with Crippen LogP contribution in [0.15, 0.2) is 35.9 Å². The monoisotopic (exact) mass is 289 g/mol. The molecule has 0 radical (unpaired) electrons. The van der Waals surface area contributed by atoms with Crippen molar-refractivity contribution < 1.29 is 0 Å². The molecule has 0 atom stereocenters. The Morgan fingerprint density at radius 1 is 1.20 bits per heavy atom. The van der Waals surface area contributed by atoms with Crippen LogP contribution in [-0.2, 0) is 0 Å². The fourth-order valence-electron chi connectivity index (χ4n) is 3.39. The summed E-state index contributed by atoms with van der Waals surface area (Å²) in [6, 6.07) is 9.06. The molecule has 0 unspecified atom stereocenters. The van der Waals surface area contributed by atoms with Gasteiger partial charge < -0.3 is 5.32 Å². The summed E-state index contributed by atoms with van der Waals surface area (Å²) in [4.78, 5) is 0. The molecule has 1 fully saturated rings. The second-order valence-electron chi connectivity index (χ2n) is 6.23. The molecule has 20 heavy (non-hydrogen) atoms. The maximum atomic E-state index is 6.05. The molecular formula is C18H24ClN. The summed E-state index contributed by atoms with van der Waals surface area (Å²) in [5, 5.41) is 4.57. The van der Waals surface area contributed by atoms with Crippen molar-refractivity contribution in [3.05, 3.63) is 46.5 Å². The van der Waals surface area contributed by atoms with Crippen LogP contribution in [0, 0.1) is 0 Å². The zero-order chi connectivity index (χ0) is 13.8. The van der Waals surface area contributed by atoms with E-state index in [2.05, 4.69) is 29.6 Å². The zero-order valence-electron chi connectivity index (χ0n) is 12.1. The summed E-state index contributed by atoms with van der Waals surface area (Å²) >= 11 is 6.05. The van der Waals surface area contributed by atoms with Gasteiger partial charge in [-0.2, -0.15) is 0 Å². The number of rotatable bonds is 5. The van der Waals surface area contributed by atoms with Gasteiger partial charge in [-0.3, -0.25) is 0 Å². The van der Waals surface area contributed by atoms with Crippen LogP contribution < -0.4 is 5.32 Å². The van der Waals surface area contributed by atoms with Crippen LogP contribution in [0.2, 0.25) is 5.02 Å². The summed E-state index contributed by atoms with van der Waals surface area (Å²) in [7, 11) is 0. The Balaban J connectivity index is 1.37. The summed E-state index contributed by atoms with van der Waals surface area (Å²) in [5.74, 6) is 0.708. The Hall–Kier alpha value is -0.790. The van der Waals surface area contributed by atoms with Crippen LogP contribution in [0.5, 0.6) is 0 Å². The lowest BCUT2D eigenvalue weighted by atomic mass is 9.76. The van der Waals surface area contributed by atoms with E-state index in [4.69, 9.17) is 11.6 Å². The van der Waals surface area contributed by atoms with Gasteiger partial charge in [-0.15, -0.1) is 0 Å². The first-order valence-corrected chi connectivity index (χ1v) is 8.36. The molecule has 108 valence electrons. The Kier molecular flexibility index (Phi) is 4.80. The smallest absolute Gasteiger partial charge is 0.0408 e. The fraction of sp³-hybridized carbons (Fsp3) is 0.556. The van der Waals surface area contributed by atoms with Crippen molar-refractivity contribution in [1.82, 2.24) is 5.32 Å². The summed E-state index contributed by atoms with van der Waals surface area (Å²) in [6.07, 6.45) is 11.7. The van der Waals surface area contributed by atoms with Gasteiger partial charge in [-0.05, 0) is 75.1 Å². The predicted molar refractivity (Wildman–Crippen MR) is 86.4 cm³/mol. The lowest BCUT2D eigenvalue weighted by molar-refractivity contribution is 0.292. The highest BCUT2D eigenvalue weighted by Crippen LogP contribution is 2.37. The Bertz CT molecular complexity index is 474. The van der Waals surface area contributed by atoms with Crippen LogP contribution in [0.4, 0.5) is 0 Å². The van der Waals surface area contributed by atoms with Crippen molar-refractivity contribution in [2.45, 2.75) is 56.9 Å². The maximum Gasteiger partial charge on any atom is 0.0408 e. The predicted octanol–water partition coefficient (Wildman–Crippen LogP) is 5.07. The van der Waals surface area contributed by atoms with E-state index in [1.807, 2.05) is 6.07 Å².